The van der Waals surface area contributed by atoms with Gasteiger partial charge in [-0.05, 0) is 67.1 Å². The Morgan fingerprint density at radius 2 is 1.84 bits per heavy atom. The fourth-order valence-corrected chi connectivity index (χ4v) is 8.52. The van der Waals surface area contributed by atoms with E-state index in [2.05, 4.69) is 6.92 Å². The Morgan fingerprint density at radius 3 is 2.44 bits per heavy atom. The number of aliphatic carboxylic acids is 2. The lowest BCUT2D eigenvalue weighted by Crippen LogP contribution is -2.56. The first-order chi connectivity index (χ1) is 11.7. The smallest absolute Gasteiger partial charge is 0.0950 e. The van der Waals surface area contributed by atoms with Crippen LogP contribution in [-0.4, -0.2) is 24.1 Å². The summed E-state index contributed by atoms with van der Waals surface area (Å²) in [4.78, 5) is 24.5. The maximum atomic E-state index is 12.4. The van der Waals surface area contributed by atoms with Gasteiger partial charge in [-0.3, -0.25) is 0 Å². The Bertz CT molecular complexity index is 669. The highest BCUT2D eigenvalue weighted by atomic mass is 16.6. The Morgan fingerprint density at radius 1 is 1.12 bits per heavy atom. The minimum absolute atomic E-state index is 0.121. The van der Waals surface area contributed by atoms with Crippen LogP contribution in [0.5, 0.6) is 0 Å². The standard InChI is InChI=1S/C20H28O5/c1-17-6-3-7-18(2,16(23)24)14(17)13(15(21)22)19-8-11(4-5-12(17)19)20(9-19)10-25-20/h11-14H,3-10H2,1-2H3,(H,21,22)(H,23,24)/p-2/t11-,12?,13-,14?,17+,18-,19-,20+/m1/s1. The Hall–Kier alpha value is -1.10. The van der Waals surface area contributed by atoms with Crippen LogP contribution in [0.3, 0.4) is 0 Å². The zero-order valence-electron chi connectivity index (χ0n) is 15.0. The summed E-state index contributed by atoms with van der Waals surface area (Å²) in [5.41, 5.74) is -1.81. The summed E-state index contributed by atoms with van der Waals surface area (Å²) in [5.74, 6) is -2.54. The lowest BCUT2D eigenvalue weighted by atomic mass is 9.53. The first-order valence-corrected chi connectivity index (χ1v) is 9.76. The summed E-state index contributed by atoms with van der Waals surface area (Å²) in [6.07, 6.45) is 5.97. The van der Waals surface area contributed by atoms with Crippen molar-refractivity contribution < 1.29 is 24.5 Å². The highest BCUT2D eigenvalue weighted by Crippen LogP contribution is 2.79. The third kappa shape index (κ3) is 1.65. The maximum absolute atomic E-state index is 12.4. The van der Waals surface area contributed by atoms with Gasteiger partial charge in [0, 0.05) is 23.3 Å². The molecule has 2 spiro atoms. The monoisotopic (exact) mass is 346 g/mol. The second-order valence-electron chi connectivity index (χ2n) is 10.1. The molecule has 5 nitrogen and oxygen atoms in total. The van der Waals surface area contributed by atoms with Gasteiger partial charge >= 0.3 is 0 Å². The molecule has 138 valence electrons. The third-order valence-electron chi connectivity index (χ3n) is 9.29. The van der Waals surface area contributed by atoms with Gasteiger partial charge < -0.3 is 24.5 Å². The molecule has 0 radical (unpaired) electrons. The number of fused-ring (bicyclic) bond motifs is 4. The number of ether oxygens (including phenoxy) is 1. The number of hydrogen-bond acceptors (Lipinski definition) is 5. The molecule has 0 amide bonds. The first-order valence-electron chi connectivity index (χ1n) is 9.76. The van der Waals surface area contributed by atoms with Crippen molar-refractivity contribution >= 4 is 11.9 Å². The lowest BCUT2D eigenvalue weighted by molar-refractivity contribution is -0.331. The van der Waals surface area contributed by atoms with Gasteiger partial charge in [-0.1, -0.05) is 20.3 Å². The fraction of sp³-hybridized carbons (Fsp3) is 0.900. The zero-order valence-corrected chi connectivity index (χ0v) is 15.0. The predicted octanol–water partition coefficient (Wildman–Crippen LogP) is 0.504. The highest BCUT2D eigenvalue weighted by Gasteiger charge is 2.77. The molecule has 0 aromatic heterocycles. The molecule has 0 aromatic rings. The van der Waals surface area contributed by atoms with Crippen LogP contribution >= 0.6 is 0 Å². The number of hydrogen-bond donors (Lipinski definition) is 0. The number of carbonyl (C=O) groups excluding carboxylic acids is 2. The summed E-state index contributed by atoms with van der Waals surface area (Å²) < 4.78 is 5.85. The molecule has 4 saturated carbocycles. The van der Waals surface area contributed by atoms with Crippen LogP contribution in [0.2, 0.25) is 0 Å². The second-order valence-corrected chi connectivity index (χ2v) is 10.1. The van der Waals surface area contributed by atoms with E-state index in [1.54, 1.807) is 6.92 Å². The van der Waals surface area contributed by atoms with Gasteiger partial charge in [-0.15, -0.1) is 0 Å². The molecule has 25 heavy (non-hydrogen) atoms. The van der Waals surface area contributed by atoms with Gasteiger partial charge in [0.05, 0.1) is 12.2 Å². The average molecular weight is 346 g/mol. The van der Waals surface area contributed by atoms with Crippen molar-refractivity contribution in [1.82, 2.24) is 0 Å². The number of carboxylic acid groups (broad SMARTS) is 2. The van der Waals surface area contributed by atoms with E-state index in [1.165, 1.54) is 0 Å². The van der Waals surface area contributed by atoms with Gasteiger partial charge in [0.2, 0.25) is 0 Å². The summed E-state index contributed by atoms with van der Waals surface area (Å²) in [5, 5.41) is 24.5. The van der Waals surface area contributed by atoms with Crippen molar-refractivity contribution in [2.75, 3.05) is 6.61 Å². The summed E-state index contributed by atoms with van der Waals surface area (Å²) >= 11 is 0. The molecule has 1 aliphatic heterocycles. The third-order valence-corrected chi connectivity index (χ3v) is 9.29. The molecule has 5 rings (SSSR count). The minimum Gasteiger partial charge on any atom is -0.550 e. The molecule has 2 bridgehead atoms. The van der Waals surface area contributed by atoms with E-state index in [9.17, 15) is 19.8 Å². The van der Waals surface area contributed by atoms with E-state index < -0.39 is 29.2 Å². The summed E-state index contributed by atoms with van der Waals surface area (Å²) in [6, 6.07) is 0. The Balaban J connectivity index is 1.70. The molecule has 1 heterocycles. The van der Waals surface area contributed by atoms with Crippen molar-refractivity contribution in [1.29, 1.82) is 0 Å². The minimum atomic E-state index is -1.09. The summed E-state index contributed by atoms with van der Waals surface area (Å²) in [6.45, 7) is 4.63. The quantitative estimate of drug-likeness (QED) is 0.679. The van der Waals surface area contributed by atoms with Crippen LogP contribution < -0.4 is 10.2 Å². The van der Waals surface area contributed by atoms with Crippen LogP contribution in [0.25, 0.3) is 0 Å². The Kier molecular flexibility index (Phi) is 2.84. The zero-order chi connectivity index (χ0) is 17.8. The van der Waals surface area contributed by atoms with E-state index in [0.717, 1.165) is 45.1 Å². The molecule has 5 fully saturated rings. The van der Waals surface area contributed by atoms with Gasteiger partial charge in [-0.2, -0.15) is 0 Å². The Labute approximate surface area is 148 Å². The highest BCUT2D eigenvalue weighted by molar-refractivity contribution is 5.77. The molecule has 5 aliphatic rings. The van der Waals surface area contributed by atoms with Crippen LogP contribution in [0.15, 0.2) is 0 Å². The molecule has 1 saturated heterocycles. The van der Waals surface area contributed by atoms with Gasteiger partial charge in [0.15, 0.2) is 0 Å². The SMILES string of the molecule is C[C@@]12CCC[C@@](C)(C(=O)[O-])C1[C@H](C(=O)[O-])[C@@]13C[C@@H](CCC21)[C@@]1(CO1)C3. The van der Waals surface area contributed by atoms with Crippen molar-refractivity contribution in [3.8, 4) is 0 Å². The molecular formula is C20H26O5-2. The van der Waals surface area contributed by atoms with E-state index in [0.29, 0.717) is 12.3 Å². The normalized spacial score (nSPS) is 58.6. The number of epoxide rings is 1. The van der Waals surface area contributed by atoms with Crippen molar-refractivity contribution in [2.24, 2.45) is 39.9 Å². The first kappa shape index (κ1) is 16.1. The average Bonchev–Trinajstić information content (AvgIpc) is 3.20. The van der Waals surface area contributed by atoms with Crippen LogP contribution in [0.1, 0.15) is 58.8 Å². The molecule has 5 heteroatoms. The molecule has 8 atom stereocenters. The number of rotatable bonds is 2. The van der Waals surface area contributed by atoms with E-state index >= 15 is 0 Å². The molecule has 2 unspecified atom stereocenters. The molecule has 0 N–H and O–H groups in total. The molecular weight excluding hydrogens is 320 g/mol. The fourth-order valence-electron chi connectivity index (χ4n) is 8.52. The van der Waals surface area contributed by atoms with Crippen LogP contribution in [0, 0.1) is 39.9 Å². The van der Waals surface area contributed by atoms with E-state index in [-0.39, 0.29) is 22.3 Å². The molecule has 4 aliphatic carbocycles. The second kappa shape index (κ2) is 4.41. The van der Waals surface area contributed by atoms with Gasteiger partial charge in [0.1, 0.15) is 0 Å². The van der Waals surface area contributed by atoms with Crippen LogP contribution in [0.4, 0.5) is 0 Å². The largest absolute Gasteiger partial charge is 0.550 e. The van der Waals surface area contributed by atoms with Gasteiger partial charge in [-0.25, -0.2) is 0 Å². The van der Waals surface area contributed by atoms with E-state index in [4.69, 9.17) is 4.74 Å². The predicted molar refractivity (Wildman–Crippen MR) is 83.6 cm³/mol. The van der Waals surface area contributed by atoms with Gasteiger partial charge in [0.25, 0.3) is 0 Å². The van der Waals surface area contributed by atoms with Crippen molar-refractivity contribution in [3.63, 3.8) is 0 Å². The van der Waals surface area contributed by atoms with Crippen LogP contribution in [-0.2, 0) is 14.3 Å². The van der Waals surface area contributed by atoms with Crippen molar-refractivity contribution in [3.05, 3.63) is 0 Å². The lowest BCUT2D eigenvalue weighted by Gasteiger charge is -2.53. The van der Waals surface area contributed by atoms with Crippen molar-refractivity contribution in [2.45, 2.75) is 64.4 Å². The maximum Gasteiger partial charge on any atom is 0.0950 e. The topological polar surface area (TPSA) is 92.8 Å². The van der Waals surface area contributed by atoms with E-state index in [1.807, 2.05) is 0 Å². The number of carbonyl (C=O) groups is 2. The summed E-state index contributed by atoms with van der Waals surface area (Å²) in [7, 11) is 0. The molecule has 0 aromatic carbocycles. The number of carboxylic acids is 2.